The van der Waals surface area contributed by atoms with Gasteiger partial charge in [-0.1, -0.05) is 12.1 Å². The fraction of sp³-hybridized carbons (Fsp3) is 0.571. The molecule has 0 spiro atoms. The van der Waals surface area contributed by atoms with E-state index in [2.05, 4.69) is 12.1 Å². The zero-order valence-corrected chi connectivity index (χ0v) is 10.3. The number of methoxy groups -OCH3 is 1. The molecule has 1 saturated carbocycles. The molecule has 1 aliphatic rings. The Kier molecular flexibility index (Phi) is 4.40. The van der Waals surface area contributed by atoms with Gasteiger partial charge < -0.3 is 14.6 Å². The molecule has 0 aliphatic heterocycles. The molecule has 3 heteroatoms. The maximum Gasteiger partial charge on any atom is 0.124 e. The Morgan fingerprint density at radius 3 is 2.59 bits per heavy atom. The van der Waals surface area contributed by atoms with Gasteiger partial charge in [0.2, 0.25) is 0 Å². The number of ether oxygens (including phenoxy) is 2. The second kappa shape index (κ2) is 6.03. The Balaban J connectivity index is 1.89. The molecule has 1 aromatic carbocycles. The van der Waals surface area contributed by atoms with Crippen LogP contribution < -0.4 is 4.74 Å². The predicted octanol–water partition coefficient (Wildman–Crippen LogP) is 2.17. The summed E-state index contributed by atoms with van der Waals surface area (Å²) in [7, 11) is 1.71. The molecule has 94 valence electrons. The smallest absolute Gasteiger partial charge is 0.124 e. The Hall–Kier alpha value is -1.06. The standard InChI is InChI=1S/C14H20O3/c1-16-10-9-11-5-7-12(8-6-11)17-14-4-2-3-13(14)15/h5-8,13-15H,2-4,9-10H2,1H3/t13-,14-/m1/s1. The van der Waals surface area contributed by atoms with Crippen LogP contribution in [0.3, 0.4) is 0 Å². The van der Waals surface area contributed by atoms with Crippen LogP contribution in [-0.2, 0) is 11.2 Å². The lowest BCUT2D eigenvalue weighted by Gasteiger charge is -2.17. The first-order chi connectivity index (χ1) is 8.29. The molecule has 1 aromatic rings. The average Bonchev–Trinajstić information content (AvgIpc) is 2.74. The van der Waals surface area contributed by atoms with Crippen molar-refractivity contribution >= 4 is 0 Å². The second-order valence-electron chi connectivity index (χ2n) is 4.54. The lowest BCUT2D eigenvalue weighted by Crippen LogP contribution is -2.25. The molecule has 3 nitrogen and oxygen atoms in total. The molecule has 0 unspecified atom stereocenters. The van der Waals surface area contributed by atoms with Crippen molar-refractivity contribution in [1.29, 1.82) is 0 Å². The van der Waals surface area contributed by atoms with Crippen molar-refractivity contribution in [3.05, 3.63) is 29.8 Å². The maximum absolute atomic E-state index is 9.68. The quantitative estimate of drug-likeness (QED) is 0.851. The lowest BCUT2D eigenvalue weighted by atomic mass is 10.1. The Labute approximate surface area is 102 Å². The first-order valence-electron chi connectivity index (χ1n) is 6.22. The van der Waals surface area contributed by atoms with Gasteiger partial charge in [0.05, 0.1) is 12.7 Å². The minimum atomic E-state index is -0.303. The van der Waals surface area contributed by atoms with E-state index in [4.69, 9.17) is 9.47 Å². The molecular weight excluding hydrogens is 216 g/mol. The fourth-order valence-electron chi connectivity index (χ4n) is 2.17. The van der Waals surface area contributed by atoms with Gasteiger partial charge in [0.25, 0.3) is 0 Å². The molecule has 2 atom stereocenters. The van der Waals surface area contributed by atoms with Crippen LogP contribution in [0.2, 0.25) is 0 Å². The van der Waals surface area contributed by atoms with Crippen LogP contribution in [0.1, 0.15) is 24.8 Å². The summed E-state index contributed by atoms with van der Waals surface area (Å²) in [6.07, 6.45) is 3.45. The molecule has 2 rings (SSSR count). The molecule has 17 heavy (non-hydrogen) atoms. The van der Waals surface area contributed by atoms with Crippen molar-refractivity contribution in [2.75, 3.05) is 13.7 Å². The van der Waals surface area contributed by atoms with E-state index in [-0.39, 0.29) is 12.2 Å². The summed E-state index contributed by atoms with van der Waals surface area (Å²) in [4.78, 5) is 0. The monoisotopic (exact) mass is 236 g/mol. The van der Waals surface area contributed by atoms with E-state index in [9.17, 15) is 5.11 Å². The molecule has 0 aromatic heterocycles. The van der Waals surface area contributed by atoms with Crippen LogP contribution in [0.25, 0.3) is 0 Å². The minimum absolute atomic E-state index is 0.0279. The van der Waals surface area contributed by atoms with Crippen LogP contribution >= 0.6 is 0 Å². The lowest BCUT2D eigenvalue weighted by molar-refractivity contribution is 0.0604. The SMILES string of the molecule is COCCc1ccc(O[C@@H]2CCC[C@H]2O)cc1. The first-order valence-corrected chi connectivity index (χ1v) is 6.22. The number of hydrogen-bond donors (Lipinski definition) is 1. The summed E-state index contributed by atoms with van der Waals surface area (Å²) >= 11 is 0. The molecule has 1 fully saturated rings. The maximum atomic E-state index is 9.68. The highest BCUT2D eigenvalue weighted by atomic mass is 16.5. The van der Waals surface area contributed by atoms with Gasteiger partial charge in [0, 0.05) is 7.11 Å². The third kappa shape index (κ3) is 3.45. The van der Waals surface area contributed by atoms with E-state index in [1.165, 1.54) is 5.56 Å². The zero-order valence-electron chi connectivity index (χ0n) is 10.3. The molecule has 1 aliphatic carbocycles. The van der Waals surface area contributed by atoms with E-state index < -0.39 is 0 Å². The topological polar surface area (TPSA) is 38.7 Å². The molecule has 0 radical (unpaired) electrons. The van der Waals surface area contributed by atoms with Crippen molar-refractivity contribution in [1.82, 2.24) is 0 Å². The molecular formula is C14H20O3. The third-order valence-corrected chi connectivity index (χ3v) is 3.22. The highest BCUT2D eigenvalue weighted by Gasteiger charge is 2.26. The second-order valence-corrected chi connectivity index (χ2v) is 4.54. The Bertz CT molecular complexity index is 334. The van der Waals surface area contributed by atoms with Crippen LogP contribution in [0.15, 0.2) is 24.3 Å². The van der Waals surface area contributed by atoms with Gasteiger partial charge in [0.1, 0.15) is 11.9 Å². The fourth-order valence-corrected chi connectivity index (χ4v) is 2.17. The summed E-state index contributed by atoms with van der Waals surface area (Å²) in [6, 6.07) is 8.04. The van der Waals surface area contributed by atoms with E-state index >= 15 is 0 Å². The van der Waals surface area contributed by atoms with Crippen LogP contribution in [0.5, 0.6) is 5.75 Å². The number of aliphatic hydroxyl groups excluding tert-OH is 1. The van der Waals surface area contributed by atoms with Gasteiger partial charge in [-0.15, -0.1) is 0 Å². The molecule has 0 amide bonds. The van der Waals surface area contributed by atoms with Gasteiger partial charge >= 0.3 is 0 Å². The summed E-state index contributed by atoms with van der Waals surface area (Å²) in [5.41, 5.74) is 1.24. The molecule has 0 heterocycles. The van der Waals surface area contributed by atoms with Crippen LogP contribution in [0.4, 0.5) is 0 Å². The number of aliphatic hydroxyl groups is 1. The normalized spacial score (nSPS) is 23.9. The van der Waals surface area contributed by atoms with E-state index in [0.29, 0.717) is 0 Å². The van der Waals surface area contributed by atoms with Crippen LogP contribution in [-0.4, -0.2) is 31.0 Å². The van der Waals surface area contributed by atoms with Crippen molar-refractivity contribution in [2.45, 2.75) is 37.9 Å². The van der Waals surface area contributed by atoms with Crippen LogP contribution in [0, 0.1) is 0 Å². The predicted molar refractivity (Wildman–Crippen MR) is 66.3 cm³/mol. The summed E-state index contributed by atoms with van der Waals surface area (Å²) < 4.78 is 10.8. The zero-order chi connectivity index (χ0) is 12.1. The van der Waals surface area contributed by atoms with Crippen molar-refractivity contribution in [3.63, 3.8) is 0 Å². The highest BCUT2D eigenvalue weighted by molar-refractivity contribution is 5.27. The van der Waals surface area contributed by atoms with Gasteiger partial charge in [-0.2, -0.15) is 0 Å². The van der Waals surface area contributed by atoms with Crippen molar-refractivity contribution in [2.24, 2.45) is 0 Å². The number of hydrogen-bond acceptors (Lipinski definition) is 3. The van der Waals surface area contributed by atoms with E-state index in [1.807, 2.05) is 12.1 Å². The highest BCUT2D eigenvalue weighted by Crippen LogP contribution is 2.24. The number of benzene rings is 1. The van der Waals surface area contributed by atoms with Gasteiger partial charge in [-0.25, -0.2) is 0 Å². The Morgan fingerprint density at radius 1 is 1.24 bits per heavy atom. The van der Waals surface area contributed by atoms with E-state index in [1.54, 1.807) is 7.11 Å². The Morgan fingerprint density at radius 2 is 2.00 bits per heavy atom. The molecule has 1 N–H and O–H groups in total. The largest absolute Gasteiger partial charge is 0.488 e. The van der Waals surface area contributed by atoms with Crippen molar-refractivity contribution < 1.29 is 14.6 Å². The summed E-state index contributed by atoms with van der Waals surface area (Å²) in [6.45, 7) is 0.738. The minimum Gasteiger partial charge on any atom is -0.488 e. The number of rotatable bonds is 5. The first kappa shape index (κ1) is 12.4. The summed E-state index contributed by atoms with van der Waals surface area (Å²) in [5.74, 6) is 0.845. The van der Waals surface area contributed by atoms with Crippen molar-refractivity contribution in [3.8, 4) is 5.75 Å². The molecule has 0 saturated heterocycles. The molecule has 0 bridgehead atoms. The van der Waals surface area contributed by atoms with Gasteiger partial charge in [-0.3, -0.25) is 0 Å². The summed E-state index contributed by atoms with van der Waals surface area (Å²) in [5, 5.41) is 9.68. The van der Waals surface area contributed by atoms with Gasteiger partial charge in [0.15, 0.2) is 0 Å². The average molecular weight is 236 g/mol. The third-order valence-electron chi connectivity index (χ3n) is 3.22. The van der Waals surface area contributed by atoms with E-state index in [0.717, 1.165) is 38.0 Å². The van der Waals surface area contributed by atoms with Gasteiger partial charge in [-0.05, 0) is 43.4 Å².